The number of halogens is 1. The molecule has 1 unspecified atom stereocenters. The van der Waals surface area contributed by atoms with E-state index in [2.05, 4.69) is 30.7 Å². The van der Waals surface area contributed by atoms with Crippen LogP contribution in [0.25, 0.3) is 22.5 Å². The van der Waals surface area contributed by atoms with Crippen LogP contribution in [0.1, 0.15) is 48.8 Å². The zero-order chi connectivity index (χ0) is 24.8. The summed E-state index contributed by atoms with van der Waals surface area (Å²) < 4.78 is 14.4. The number of H-pyrrole nitrogens is 2. The number of nitrogens with one attached hydrogen (secondary N) is 3. The third-order valence-electron chi connectivity index (χ3n) is 7.48. The Kier molecular flexibility index (Phi) is 5.66. The van der Waals surface area contributed by atoms with Crippen LogP contribution >= 0.6 is 0 Å². The Morgan fingerprint density at radius 3 is 2.28 bits per heavy atom. The van der Waals surface area contributed by atoms with Gasteiger partial charge in [0.1, 0.15) is 17.6 Å². The van der Waals surface area contributed by atoms with Crippen molar-refractivity contribution in [2.24, 2.45) is 17.8 Å². The number of hydrogen-bond donors (Lipinski definition) is 3. The number of amides is 1. The number of anilines is 1. The molecule has 2 saturated carbocycles. The molecule has 2 aliphatic rings. The van der Waals surface area contributed by atoms with Gasteiger partial charge in [-0.25, -0.2) is 9.37 Å². The lowest BCUT2D eigenvalue weighted by atomic mass is 9.82. The fourth-order valence-corrected chi connectivity index (χ4v) is 5.47. The van der Waals surface area contributed by atoms with Gasteiger partial charge in [-0.3, -0.25) is 15.0 Å². The first kappa shape index (κ1) is 22.6. The number of nitrogens with zero attached hydrogens (tertiary/aromatic N) is 3. The molecule has 0 saturated heterocycles. The Morgan fingerprint density at radius 1 is 0.972 bits per heavy atom. The summed E-state index contributed by atoms with van der Waals surface area (Å²) in [5.74, 6) is 1.09. The number of hydrogen-bond acceptors (Lipinski definition) is 4. The number of aryl methyl sites for hydroxylation is 2. The smallest absolute Gasteiger partial charge is 0.235 e. The highest BCUT2D eigenvalue weighted by Gasteiger charge is 2.49. The molecule has 0 aliphatic heterocycles. The van der Waals surface area contributed by atoms with Gasteiger partial charge in [-0.15, -0.1) is 0 Å². The van der Waals surface area contributed by atoms with E-state index in [0.29, 0.717) is 23.2 Å². The fraction of sp³-hybridized carbons (Fsp3) is 0.357. The molecular formula is C28H29FN6O. The summed E-state index contributed by atoms with van der Waals surface area (Å²) in [6.45, 7) is 3.97. The lowest BCUT2D eigenvalue weighted by Gasteiger charge is -2.24. The third kappa shape index (κ3) is 4.32. The summed E-state index contributed by atoms with van der Waals surface area (Å²) in [5.41, 5.74) is 5.14. The topological polar surface area (TPSA) is 99.3 Å². The van der Waals surface area contributed by atoms with E-state index in [0.717, 1.165) is 53.9 Å². The van der Waals surface area contributed by atoms with Crippen LogP contribution in [0.4, 0.5) is 10.1 Å². The first-order chi connectivity index (χ1) is 17.5. The summed E-state index contributed by atoms with van der Waals surface area (Å²) in [5, 5.41) is 17.7. The Balaban J connectivity index is 1.29. The third-order valence-corrected chi connectivity index (χ3v) is 7.48. The minimum Gasteiger partial charge on any atom is -0.325 e. The lowest BCUT2D eigenvalue weighted by Crippen LogP contribution is -2.31. The highest BCUT2D eigenvalue weighted by Crippen LogP contribution is 2.54. The average molecular weight is 485 g/mol. The molecule has 1 amide bonds. The maximum absolute atomic E-state index is 14.4. The van der Waals surface area contributed by atoms with Gasteiger partial charge in [0.2, 0.25) is 5.91 Å². The van der Waals surface area contributed by atoms with Crippen LogP contribution < -0.4 is 5.32 Å². The SMILES string of the molecule is Cc1n[nH]c(C)c1-c1ccc(NC(=O)C(c2nc(-c3ccccc3F)n[nH]2)C(C2CC2)C2CC2)cc1. The van der Waals surface area contributed by atoms with Crippen LogP contribution in [-0.4, -0.2) is 31.3 Å². The van der Waals surface area contributed by atoms with E-state index in [1.54, 1.807) is 18.2 Å². The van der Waals surface area contributed by atoms with E-state index < -0.39 is 5.92 Å². The molecule has 2 heterocycles. The van der Waals surface area contributed by atoms with Crippen molar-refractivity contribution in [1.29, 1.82) is 0 Å². The number of carbonyl (C=O) groups excluding carboxylic acids is 1. The molecule has 1 atom stereocenters. The van der Waals surface area contributed by atoms with E-state index in [1.165, 1.54) is 6.07 Å². The number of carbonyl (C=O) groups is 1. The highest BCUT2D eigenvalue weighted by molar-refractivity contribution is 5.96. The maximum atomic E-state index is 14.4. The van der Waals surface area contributed by atoms with Gasteiger partial charge in [0.05, 0.1) is 11.3 Å². The zero-order valence-electron chi connectivity index (χ0n) is 20.4. The molecule has 3 N–H and O–H groups in total. The maximum Gasteiger partial charge on any atom is 0.235 e. The van der Waals surface area contributed by atoms with Gasteiger partial charge in [0.15, 0.2) is 5.82 Å². The van der Waals surface area contributed by atoms with Crippen molar-refractivity contribution in [3.05, 3.63) is 71.6 Å². The molecule has 0 radical (unpaired) electrons. The zero-order valence-corrected chi connectivity index (χ0v) is 20.4. The molecule has 2 fully saturated rings. The van der Waals surface area contributed by atoms with E-state index in [-0.39, 0.29) is 23.5 Å². The Hall–Kier alpha value is -3.81. The predicted octanol–water partition coefficient (Wildman–Crippen LogP) is 5.78. The molecule has 2 aromatic heterocycles. The van der Waals surface area contributed by atoms with Crippen LogP contribution in [0.5, 0.6) is 0 Å². The monoisotopic (exact) mass is 484 g/mol. The van der Waals surface area contributed by atoms with E-state index in [4.69, 9.17) is 0 Å². The molecule has 7 nitrogen and oxygen atoms in total. The van der Waals surface area contributed by atoms with Gasteiger partial charge in [0.25, 0.3) is 0 Å². The summed E-state index contributed by atoms with van der Waals surface area (Å²) >= 11 is 0. The van der Waals surface area contributed by atoms with Gasteiger partial charge in [-0.05, 0) is 87.1 Å². The first-order valence-electron chi connectivity index (χ1n) is 12.6. The predicted molar refractivity (Wildman–Crippen MR) is 136 cm³/mol. The standard InChI is InChI=1S/C28H29FN6O/c1-15-23(16(2)33-32-15)17-11-13-20(14-12-17)30-28(36)25(24(18-7-8-18)19-9-10-19)27-31-26(34-35-27)21-5-3-4-6-22(21)29/h3-6,11-14,18-19,24-25H,7-10H2,1-2H3,(H,30,36)(H,32,33)(H,31,34,35). The van der Waals surface area contributed by atoms with Crippen molar-refractivity contribution in [3.63, 3.8) is 0 Å². The van der Waals surface area contributed by atoms with Gasteiger partial charge < -0.3 is 5.32 Å². The van der Waals surface area contributed by atoms with Crippen molar-refractivity contribution in [2.75, 3.05) is 5.32 Å². The lowest BCUT2D eigenvalue weighted by molar-refractivity contribution is -0.119. The molecule has 8 heteroatoms. The summed E-state index contributed by atoms with van der Waals surface area (Å²) in [6.07, 6.45) is 4.55. The molecule has 0 bridgehead atoms. The van der Waals surface area contributed by atoms with Crippen LogP contribution in [0, 0.1) is 37.4 Å². The fourth-order valence-electron chi connectivity index (χ4n) is 5.47. The van der Waals surface area contributed by atoms with Gasteiger partial charge >= 0.3 is 0 Å². The first-order valence-corrected chi connectivity index (χ1v) is 12.6. The Morgan fingerprint density at radius 2 is 1.67 bits per heavy atom. The van der Waals surface area contributed by atoms with E-state index in [9.17, 15) is 9.18 Å². The number of aromatic nitrogens is 5. The van der Waals surface area contributed by atoms with Crippen molar-refractivity contribution in [2.45, 2.75) is 45.4 Å². The molecule has 36 heavy (non-hydrogen) atoms. The molecular weight excluding hydrogens is 455 g/mol. The highest BCUT2D eigenvalue weighted by atomic mass is 19.1. The van der Waals surface area contributed by atoms with Crippen molar-refractivity contribution >= 4 is 11.6 Å². The van der Waals surface area contributed by atoms with Crippen molar-refractivity contribution in [3.8, 4) is 22.5 Å². The Bertz CT molecular complexity index is 1370. The Labute approximate surface area is 208 Å². The van der Waals surface area contributed by atoms with Crippen LogP contribution in [0.2, 0.25) is 0 Å². The number of benzene rings is 2. The quantitative estimate of drug-likeness (QED) is 0.295. The molecule has 0 spiro atoms. The minimum atomic E-state index is -0.462. The normalized spacial score (nSPS) is 16.3. The summed E-state index contributed by atoms with van der Waals surface area (Å²) in [7, 11) is 0. The van der Waals surface area contributed by atoms with E-state index in [1.807, 2.05) is 38.1 Å². The average Bonchev–Trinajstić information content (AvgIpc) is 3.81. The summed E-state index contributed by atoms with van der Waals surface area (Å²) in [4.78, 5) is 18.4. The second-order valence-electron chi connectivity index (χ2n) is 10.1. The van der Waals surface area contributed by atoms with Crippen LogP contribution in [0.3, 0.4) is 0 Å². The molecule has 2 aliphatic carbocycles. The van der Waals surface area contributed by atoms with E-state index >= 15 is 0 Å². The van der Waals surface area contributed by atoms with Crippen molar-refractivity contribution < 1.29 is 9.18 Å². The molecule has 184 valence electrons. The second-order valence-corrected chi connectivity index (χ2v) is 10.1. The van der Waals surface area contributed by atoms with Gasteiger partial charge in [-0.1, -0.05) is 24.3 Å². The molecule has 4 aromatic rings. The van der Waals surface area contributed by atoms with Gasteiger partial charge in [-0.2, -0.15) is 10.2 Å². The van der Waals surface area contributed by atoms with Crippen LogP contribution in [0.15, 0.2) is 48.5 Å². The largest absolute Gasteiger partial charge is 0.325 e. The number of rotatable bonds is 8. The van der Waals surface area contributed by atoms with Crippen LogP contribution in [-0.2, 0) is 4.79 Å². The summed E-state index contributed by atoms with van der Waals surface area (Å²) in [6, 6.07) is 14.3. The number of aromatic amines is 2. The minimum absolute atomic E-state index is 0.0987. The molecule has 2 aromatic carbocycles. The second kappa shape index (κ2) is 9.00. The van der Waals surface area contributed by atoms with Gasteiger partial charge in [0, 0.05) is 16.9 Å². The van der Waals surface area contributed by atoms with Crippen molar-refractivity contribution in [1.82, 2.24) is 25.4 Å². The molecule has 6 rings (SSSR count).